The maximum absolute atomic E-state index is 9.88. The second kappa shape index (κ2) is 7.45. The number of rotatable bonds is 4. The minimum Gasteiger partial charge on any atom is -0.409 e. The van der Waals surface area contributed by atoms with E-state index in [1.165, 1.54) is 6.42 Å². The van der Waals surface area contributed by atoms with Gasteiger partial charge in [-0.05, 0) is 37.9 Å². The van der Waals surface area contributed by atoms with Crippen LogP contribution in [0.3, 0.4) is 0 Å². The summed E-state index contributed by atoms with van der Waals surface area (Å²) in [6.07, 6.45) is 5.16. The van der Waals surface area contributed by atoms with Crippen molar-refractivity contribution in [2.75, 3.05) is 6.61 Å². The van der Waals surface area contributed by atoms with E-state index in [9.17, 15) is 5.11 Å². The Morgan fingerprint density at radius 3 is 2.31 bits per heavy atom. The standard InChI is InChI=1S/C20H38O5Si/c1-14(21)12-15-17-18(24-20(23-17)10-8-7-9-11-20)16(13-22-15)25-26(5,6)19(2,3)4/h14-18,21H,7-13H2,1-6H3/t14?,15-,16-,17-,18+/m0/s1. The zero-order valence-corrected chi connectivity index (χ0v) is 18.4. The van der Waals surface area contributed by atoms with Gasteiger partial charge in [-0.15, -0.1) is 0 Å². The van der Waals surface area contributed by atoms with Crippen molar-refractivity contribution in [2.24, 2.45) is 0 Å². The summed E-state index contributed by atoms with van der Waals surface area (Å²) in [4.78, 5) is 0. The van der Waals surface area contributed by atoms with E-state index in [-0.39, 0.29) is 29.5 Å². The van der Waals surface area contributed by atoms with Crippen molar-refractivity contribution in [3.8, 4) is 0 Å². The van der Waals surface area contributed by atoms with Crippen LogP contribution in [0.25, 0.3) is 0 Å². The fourth-order valence-corrected chi connectivity index (χ4v) is 5.47. The molecule has 0 aromatic rings. The van der Waals surface area contributed by atoms with Crippen molar-refractivity contribution in [1.82, 2.24) is 0 Å². The van der Waals surface area contributed by atoms with Crippen LogP contribution in [0.15, 0.2) is 0 Å². The van der Waals surface area contributed by atoms with Crippen LogP contribution in [0, 0.1) is 0 Å². The molecular weight excluding hydrogens is 348 g/mol. The molecule has 3 fully saturated rings. The maximum atomic E-state index is 9.88. The summed E-state index contributed by atoms with van der Waals surface area (Å²) in [5.74, 6) is -0.465. The summed E-state index contributed by atoms with van der Waals surface area (Å²) in [5, 5.41) is 10.0. The first-order valence-corrected chi connectivity index (χ1v) is 13.3. The topological polar surface area (TPSA) is 57.2 Å². The summed E-state index contributed by atoms with van der Waals surface area (Å²) in [6.45, 7) is 13.6. The predicted octanol–water partition coefficient (Wildman–Crippen LogP) is 3.99. The Labute approximate surface area is 159 Å². The highest BCUT2D eigenvalue weighted by Gasteiger charge is 2.57. The van der Waals surface area contributed by atoms with Gasteiger partial charge in [0.15, 0.2) is 14.1 Å². The summed E-state index contributed by atoms with van der Waals surface area (Å²) >= 11 is 0. The molecule has 2 saturated heterocycles. The minimum absolute atomic E-state index is 0.0903. The van der Waals surface area contributed by atoms with Gasteiger partial charge in [0.25, 0.3) is 0 Å². The first kappa shape index (κ1) is 20.7. The van der Waals surface area contributed by atoms with Gasteiger partial charge in [-0.3, -0.25) is 0 Å². The molecule has 0 amide bonds. The van der Waals surface area contributed by atoms with E-state index in [1.807, 2.05) is 6.92 Å². The lowest BCUT2D eigenvalue weighted by Crippen LogP contribution is -2.57. The lowest BCUT2D eigenvalue weighted by Gasteiger charge is -2.44. The van der Waals surface area contributed by atoms with Gasteiger partial charge in [0, 0.05) is 19.3 Å². The molecule has 0 bridgehead atoms. The lowest BCUT2D eigenvalue weighted by atomic mass is 9.94. The van der Waals surface area contributed by atoms with E-state index < -0.39 is 20.2 Å². The highest BCUT2D eigenvalue weighted by Crippen LogP contribution is 2.46. The maximum Gasteiger partial charge on any atom is 0.192 e. The van der Waals surface area contributed by atoms with Gasteiger partial charge in [0.2, 0.25) is 0 Å². The number of aliphatic hydroxyl groups is 1. The largest absolute Gasteiger partial charge is 0.409 e. The Morgan fingerprint density at radius 2 is 1.73 bits per heavy atom. The number of ether oxygens (including phenoxy) is 3. The average molecular weight is 387 g/mol. The molecule has 5 nitrogen and oxygen atoms in total. The van der Waals surface area contributed by atoms with Crippen molar-refractivity contribution in [3.63, 3.8) is 0 Å². The number of aliphatic hydroxyl groups excluding tert-OH is 1. The van der Waals surface area contributed by atoms with Crippen molar-refractivity contribution in [2.45, 2.75) is 121 Å². The highest BCUT2D eigenvalue weighted by molar-refractivity contribution is 6.74. The van der Waals surface area contributed by atoms with E-state index in [1.54, 1.807) is 0 Å². The van der Waals surface area contributed by atoms with Gasteiger partial charge in [-0.2, -0.15) is 0 Å². The van der Waals surface area contributed by atoms with Crippen LogP contribution in [0.5, 0.6) is 0 Å². The Morgan fingerprint density at radius 1 is 1.12 bits per heavy atom. The smallest absolute Gasteiger partial charge is 0.192 e. The second-order valence-electron chi connectivity index (χ2n) is 10.0. The monoisotopic (exact) mass is 386 g/mol. The number of hydrogen-bond acceptors (Lipinski definition) is 5. The van der Waals surface area contributed by atoms with Crippen LogP contribution >= 0.6 is 0 Å². The fourth-order valence-electron chi connectivity index (χ4n) is 4.16. The zero-order valence-electron chi connectivity index (χ0n) is 17.4. The lowest BCUT2D eigenvalue weighted by molar-refractivity contribution is -0.200. The molecule has 3 aliphatic rings. The zero-order chi connectivity index (χ0) is 19.2. The van der Waals surface area contributed by atoms with Gasteiger partial charge in [-0.1, -0.05) is 27.2 Å². The number of hydrogen-bond donors (Lipinski definition) is 1. The van der Waals surface area contributed by atoms with Crippen LogP contribution in [-0.2, 0) is 18.6 Å². The second-order valence-corrected chi connectivity index (χ2v) is 14.8. The first-order chi connectivity index (χ1) is 12.0. The Kier molecular flexibility index (Phi) is 5.94. The van der Waals surface area contributed by atoms with Gasteiger partial charge in [0.05, 0.1) is 24.9 Å². The minimum atomic E-state index is -1.93. The molecule has 1 aliphatic carbocycles. The van der Waals surface area contributed by atoms with Gasteiger partial charge >= 0.3 is 0 Å². The van der Waals surface area contributed by atoms with E-state index in [4.69, 9.17) is 18.6 Å². The van der Waals surface area contributed by atoms with Crippen molar-refractivity contribution < 1.29 is 23.7 Å². The fraction of sp³-hybridized carbons (Fsp3) is 1.00. The third-order valence-corrected chi connectivity index (χ3v) is 11.2. The van der Waals surface area contributed by atoms with Gasteiger partial charge in [0.1, 0.15) is 12.2 Å². The molecule has 0 aromatic carbocycles. The molecule has 5 atom stereocenters. The third kappa shape index (κ3) is 4.20. The molecule has 1 N–H and O–H groups in total. The molecule has 1 unspecified atom stereocenters. The quantitative estimate of drug-likeness (QED) is 0.740. The molecule has 2 aliphatic heterocycles. The molecular formula is C20H38O5Si. The van der Waals surface area contributed by atoms with Crippen LogP contribution in [0.4, 0.5) is 0 Å². The molecule has 0 radical (unpaired) electrons. The van der Waals surface area contributed by atoms with Crippen molar-refractivity contribution in [1.29, 1.82) is 0 Å². The molecule has 1 saturated carbocycles. The Hall–Kier alpha value is 0.0169. The van der Waals surface area contributed by atoms with Crippen LogP contribution < -0.4 is 0 Å². The first-order valence-electron chi connectivity index (χ1n) is 10.4. The van der Waals surface area contributed by atoms with E-state index >= 15 is 0 Å². The molecule has 1 spiro atoms. The van der Waals surface area contributed by atoms with E-state index in [0.717, 1.165) is 25.7 Å². The number of fused-ring (bicyclic) bond motifs is 1. The van der Waals surface area contributed by atoms with E-state index in [0.29, 0.717) is 13.0 Å². The van der Waals surface area contributed by atoms with E-state index in [2.05, 4.69) is 33.9 Å². The summed E-state index contributed by atoms with van der Waals surface area (Å²) in [5.41, 5.74) is 0. The summed E-state index contributed by atoms with van der Waals surface area (Å²) in [7, 11) is -1.93. The molecule has 152 valence electrons. The summed E-state index contributed by atoms with van der Waals surface area (Å²) in [6, 6.07) is 0. The molecule has 26 heavy (non-hydrogen) atoms. The van der Waals surface area contributed by atoms with Crippen LogP contribution in [0.2, 0.25) is 18.1 Å². The van der Waals surface area contributed by atoms with Gasteiger partial charge < -0.3 is 23.7 Å². The SMILES string of the molecule is CC(O)C[C@@H]1OC[C@H](O[Si](C)(C)C(C)(C)C)[C@H]2OC3(CCCCC3)O[C@H]21. The van der Waals surface area contributed by atoms with Crippen molar-refractivity contribution >= 4 is 8.32 Å². The van der Waals surface area contributed by atoms with Crippen LogP contribution in [-0.4, -0.2) is 56.3 Å². The molecule has 2 heterocycles. The highest BCUT2D eigenvalue weighted by atomic mass is 28.4. The normalized spacial score (nSPS) is 36.1. The average Bonchev–Trinajstić information content (AvgIpc) is 2.88. The Bertz CT molecular complexity index is 481. The summed E-state index contributed by atoms with van der Waals surface area (Å²) < 4.78 is 25.9. The van der Waals surface area contributed by atoms with Gasteiger partial charge in [-0.25, -0.2) is 0 Å². The predicted molar refractivity (Wildman–Crippen MR) is 104 cm³/mol. The molecule has 0 aromatic heterocycles. The molecule has 6 heteroatoms. The van der Waals surface area contributed by atoms with Crippen molar-refractivity contribution in [3.05, 3.63) is 0 Å². The Balaban J connectivity index is 1.79. The van der Waals surface area contributed by atoms with Crippen LogP contribution in [0.1, 0.15) is 66.2 Å². The molecule has 3 rings (SSSR count). The third-order valence-electron chi connectivity index (χ3n) is 6.67.